The van der Waals surface area contributed by atoms with Crippen LogP contribution in [0.25, 0.3) is 10.4 Å². The van der Waals surface area contributed by atoms with Gasteiger partial charge in [0.25, 0.3) is 0 Å². The SMILES string of the molecule is CN(C)c1ncc(-c2ccc(Cn3cn[nH]c3=O)s2)cc1F. The molecule has 0 aromatic carbocycles. The fourth-order valence-electron chi connectivity index (χ4n) is 2.06. The highest BCUT2D eigenvalue weighted by Crippen LogP contribution is 2.30. The standard InChI is InChI=1S/C14H14FN5OS/c1-19(2)13-11(15)5-9(6-16-13)12-4-3-10(22-12)7-20-8-17-18-14(20)21/h3-6,8H,7H2,1-2H3,(H,18,21). The molecule has 0 aliphatic heterocycles. The number of anilines is 1. The van der Waals surface area contributed by atoms with Crippen LogP contribution in [0.4, 0.5) is 10.2 Å². The molecule has 114 valence electrons. The summed E-state index contributed by atoms with van der Waals surface area (Å²) in [5.41, 5.74) is 0.469. The highest BCUT2D eigenvalue weighted by Gasteiger charge is 2.10. The summed E-state index contributed by atoms with van der Waals surface area (Å²) in [6.07, 6.45) is 3.10. The van der Waals surface area contributed by atoms with Gasteiger partial charge in [-0.1, -0.05) is 0 Å². The lowest BCUT2D eigenvalue weighted by atomic mass is 10.2. The maximum Gasteiger partial charge on any atom is 0.343 e. The molecule has 0 bridgehead atoms. The van der Waals surface area contributed by atoms with E-state index in [-0.39, 0.29) is 11.5 Å². The Hall–Kier alpha value is -2.48. The topological polar surface area (TPSA) is 66.8 Å². The van der Waals surface area contributed by atoms with Gasteiger partial charge in [-0.2, -0.15) is 5.10 Å². The van der Waals surface area contributed by atoms with Gasteiger partial charge in [0, 0.05) is 35.6 Å². The molecule has 0 saturated heterocycles. The van der Waals surface area contributed by atoms with Crippen LogP contribution in [0.5, 0.6) is 0 Å². The summed E-state index contributed by atoms with van der Waals surface area (Å²) in [4.78, 5) is 19.1. The highest BCUT2D eigenvalue weighted by atomic mass is 32.1. The molecule has 0 aliphatic carbocycles. The van der Waals surface area contributed by atoms with Crippen molar-refractivity contribution in [3.63, 3.8) is 0 Å². The van der Waals surface area contributed by atoms with Gasteiger partial charge < -0.3 is 4.90 Å². The molecule has 0 unspecified atom stereocenters. The fraction of sp³-hybridized carbons (Fsp3) is 0.214. The molecular weight excluding hydrogens is 305 g/mol. The lowest BCUT2D eigenvalue weighted by Crippen LogP contribution is -2.16. The van der Waals surface area contributed by atoms with Crippen LogP contribution >= 0.6 is 11.3 Å². The molecule has 3 rings (SSSR count). The average Bonchev–Trinajstić information content (AvgIpc) is 3.09. The molecule has 0 fully saturated rings. The summed E-state index contributed by atoms with van der Waals surface area (Å²) < 4.78 is 15.5. The molecule has 3 heterocycles. The molecule has 0 saturated carbocycles. The van der Waals surface area contributed by atoms with E-state index in [9.17, 15) is 9.18 Å². The largest absolute Gasteiger partial charge is 0.360 e. The Morgan fingerprint density at radius 2 is 2.23 bits per heavy atom. The van der Waals surface area contributed by atoms with Gasteiger partial charge in [0.1, 0.15) is 6.33 Å². The van der Waals surface area contributed by atoms with Crippen molar-refractivity contribution >= 4 is 17.2 Å². The first kappa shape index (κ1) is 14.5. The Kier molecular flexibility index (Phi) is 3.76. The number of halogens is 1. The molecule has 0 spiro atoms. The quantitative estimate of drug-likeness (QED) is 0.798. The molecule has 0 atom stereocenters. The second-order valence-corrected chi connectivity index (χ2v) is 6.15. The summed E-state index contributed by atoms with van der Waals surface area (Å²) in [5.74, 6) is -0.0472. The second-order valence-electron chi connectivity index (χ2n) is 4.98. The monoisotopic (exact) mass is 319 g/mol. The van der Waals surface area contributed by atoms with Crippen molar-refractivity contribution in [2.24, 2.45) is 0 Å². The van der Waals surface area contributed by atoms with Gasteiger partial charge in [-0.25, -0.2) is 19.3 Å². The Morgan fingerprint density at radius 1 is 1.41 bits per heavy atom. The van der Waals surface area contributed by atoms with Gasteiger partial charge in [0.2, 0.25) is 0 Å². The normalized spacial score (nSPS) is 10.9. The predicted molar refractivity (Wildman–Crippen MR) is 83.8 cm³/mol. The van der Waals surface area contributed by atoms with Crippen LogP contribution in [0, 0.1) is 5.82 Å². The van der Waals surface area contributed by atoms with Gasteiger partial charge >= 0.3 is 5.69 Å². The van der Waals surface area contributed by atoms with Crippen molar-refractivity contribution in [3.8, 4) is 10.4 Å². The van der Waals surface area contributed by atoms with Crippen LogP contribution in [0.1, 0.15) is 4.88 Å². The van der Waals surface area contributed by atoms with Crippen LogP contribution < -0.4 is 10.6 Å². The molecular formula is C14H14FN5OS. The number of rotatable bonds is 4. The summed E-state index contributed by atoms with van der Waals surface area (Å²) in [5, 5.41) is 6.04. The number of hydrogen-bond donors (Lipinski definition) is 1. The fourth-order valence-corrected chi connectivity index (χ4v) is 3.05. The third kappa shape index (κ3) is 2.77. The molecule has 1 N–H and O–H groups in total. The Morgan fingerprint density at radius 3 is 2.86 bits per heavy atom. The molecule has 0 aliphatic rings. The third-order valence-electron chi connectivity index (χ3n) is 3.14. The van der Waals surface area contributed by atoms with E-state index < -0.39 is 0 Å². The number of nitrogens with one attached hydrogen (secondary N) is 1. The first-order chi connectivity index (χ1) is 10.5. The minimum Gasteiger partial charge on any atom is -0.360 e. The smallest absolute Gasteiger partial charge is 0.343 e. The molecule has 0 radical (unpaired) electrons. The van der Waals surface area contributed by atoms with Crippen LogP contribution in [-0.4, -0.2) is 33.8 Å². The van der Waals surface area contributed by atoms with Crippen molar-refractivity contribution in [2.75, 3.05) is 19.0 Å². The summed E-state index contributed by atoms with van der Waals surface area (Å²) in [7, 11) is 3.49. The number of hydrogen-bond acceptors (Lipinski definition) is 5. The Balaban J connectivity index is 1.86. The van der Waals surface area contributed by atoms with E-state index in [0.717, 1.165) is 15.3 Å². The molecule has 8 heteroatoms. The third-order valence-corrected chi connectivity index (χ3v) is 4.25. The lowest BCUT2D eigenvalue weighted by Gasteiger charge is -2.12. The number of nitrogens with zero attached hydrogens (tertiary/aromatic N) is 4. The first-order valence-electron chi connectivity index (χ1n) is 6.56. The van der Waals surface area contributed by atoms with Gasteiger partial charge in [0.05, 0.1) is 6.54 Å². The van der Waals surface area contributed by atoms with E-state index in [0.29, 0.717) is 12.4 Å². The van der Waals surface area contributed by atoms with Gasteiger partial charge in [-0.3, -0.25) is 4.57 Å². The van der Waals surface area contributed by atoms with Crippen LogP contribution in [0.3, 0.4) is 0 Å². The Labute approximate surface area is 129 Å². The number of H-pyrrole nitrogens is 1. The molecule has 22 heavy (non-hydrogen) atoms. The van der Waals surface area contributed by atoms with Crippen LogP contribution in [0.2, 0.25) is 0 Å². The van der Waals surface area contributed by atoms with E-state index in [1.54, 1.807) is 25.2 Å². The van der Waals surface area contributed by atoms with Crippen molar-refractivity contribution in [1.29, 1.82) is 0 Å². The molecule has 3 aromatic rings. The summed E-state index contributed by atoms with van der Waals surface area (Å²) >= 11 is 1.49. The molecule has 3 aromatic heterocycles. The molecule has 6 nitrogen and oxygen atoms in total. The lowest BCUT2D eigenvalue weighted by molar-refractivity contribution is 0.620. The van der Waals surface area contributed by atoms with E-state index in [4.69, 9.17) is 0 Å². The van der Waals surface area contributed by atoms with Gasteiger partial charge in [-0.05, 0) is 18.2 Å². The number of aromatic nitrogens is 4. The second kappa shape index (κ2) is 5.72. The number of thiophene rings is 1. The highest BCUT2D eigenvalue weighted by molar-refractivity contribution is 7.15. The predicted octanol–water partition coefficient (Wildman–Crippen LogP) is 1.95. The Bertz CT molecular complexity index is 851. The zero-order valence-electron chi connectivity index (χ0n) is 12.1. The van der Waals surface area contributed by atoms with Crippen LogP contribution in [0.15, 0.2) is 35.5 Å². The van der Waals surface area contributed by atoms with Crippen molar-refractivity contribution in [1.82, 2.24) is 19.7 Å². The zero-order valence-corrected chi connectivity index (χ0v) is 12.9. The van der Waals surface area contributed by atoms with Gasteiger partial charge in [0.15, 0.2) is 11.6 Å². The van der Waals surface area contributed by atoms with Gasteiger partial charge in [-0.15, -0.1) is 11.3 Å². The first-order valence-corrected chi connectivity index (χ1v) is 7.38. The number of pyridine rings is 1. The summed E-state index contributed by atoms with van der Waals surface area (Å²) in [6, 6.07) is 5.29. The molecule has 0 amide bonds. The zero-order chi connectivity index (χ0) is 15.7. The minimum atomic E-state index is -0.358. The van der Waals surface area contributed by atoms with Crippen LogP contribution in [-0.2, 0) is 6.54 Å². The average molecular weight is 319 g/mol. The van der Waals surface area contributed by atoms with E-state index >= 15 is 0 Å². The van der Waals surface area contributed by atoms with E-state index in [1.807, 2.05) is 12.1 Å². The van der Waals surface area contributed by atoms with E-state index in [1.165, 1.54) is 28.3 Å². The number of aromatic amines is 1. The maximum atomic E-state index is 14.0. The van der Waals surface area contributed by atoms with E-state index in [2.05, 4.69) is 15.2 Å². The maximum absolute atomic E-state index is 14.0. The minimum absolute atomic E-state index is 0.252. The van der Waals surface area contributed by atoms with Crippen molar-refractivity contribution < 1.29 is 4.39 Å². The summed E-state index contributed by atoms with van der Waals surface area (Å²) in [6.45, 7) is 0.436. The van der Waals surface area contributed by atoms with Crippen molar-refractivity contribution in [3.05, 3.63) is 51.9 Å². The van der Waals surface area contributed by atoms with Crippen molar-refractivity contribution in [2.45, 2.75) is 6.54 Å².